The van der Waals surface area contributed by atoms with Gasteiger partial charge in [-0.25, -0.2) is 0 Å². The van der Waals surface area contributed by atoms with Gasteiger partial charge in [-0.15, -0.1) is 0 Å². The quantitative estimate of drug-likeness (QED) is 0.355. The van der Waals surface area contributed by atoms with E-state index in [9.17, 15) is 18.9 Å². The van der Waals surface area contributed by atoms with Gasteiger partial charge in [0.2, 0.25) is 0 Å². The number of aliphatic hydroxyl groups excluding tert-OH is 1. The molecule has 0 saturated carbocycles. The Hall–Kier alpha value is 0.499. The average molecular weight is 217 g/mol. The Morgan fingerprint density at radius 2 is 1.55 bits per heavy atom. The fraction of sp³-hybridized carbons (Fsp3) is 1.00. The number of halogens is 1. The summed E-state index contributed by atoms with van der Waals surface area (Å²) in [6.07, 6.45) is 0. The molecule has 0 aromatic heterocycles. The SMILES string of the molecule is O=[P+]([O-])O[P+](=O)[O-].OCCl.[Be+2]. The Bertz CT molecular complexity index is 107. The van der Waals surface area contributed by atoms with Crippen LogP contribution in [0.3, 0.4) is 0 Å². The molecule has 0 bridgehead atoms. The number of hydrogen-bond donors (Lipinski definition) is 1. The minimum atomic E-state index is -3.24. The molecule has 0 heterocycles. The number of hydrogen-bond acceptors (Lipinski definition) is 6. The zero-order valence-corrected chi connectivity index (χ0v) is 7.72. The molecule has 0 aliphatic carbocycles. The number of alkyl halides is 1. The molecule has 0 radical (unpaired) electrons. The van der Waals surface area contributed by atoms with Crippen LogP contribution in [0.25, 0.3) is 0 Å². The van der Waals surface area contributed by atoms with Gasteiger partial charge in [0.15, 0.2) is 0 Å². The number of aliphatic hydroxyl groups is 1. The van der Waals surface area contributed by atoms with E-state index in [1.54, 1.807) is 0 Å². The van der Waals surface area contributed by atoms with Crippen LogP contribution in [-0.2, 0) is 13.4 Å². The van der Waals surface area contributed by atoms with E-state index in [0.717, 1.165) is 0 Å². The maximum absolute atomic E-state index is 9.24. The Morgan fingerprint density at radius 1 is 1.36 bits per heavy atom. The van der Waals surface area contributed by atoms with E-state index in [-0.39, 0.29) is 16.2 Å². The van der Waals surface area contributed by atoms with Gasteiger partial charge in [-0.2, -0.15) is 0 Å². The van der Waals surface area contributed by atoms with Crippen LogP contribution in [-0.4, -0.2) is 21.3 Å². The van der Waals surface area contributed by atoms with Crippen molar-refractivity contribution in [2.24, 2.45) is 0 Å². The van der Waals surface area contributed by atoms with Gasteiger partial charge in [-0.1, -0.05) is 11.6 Å². The van der Waals surface area contributed by atoms with Crippen LogP contribution < -0.4 is 9.79 Å². The van der Waals surface area contributed by atoms with Gasteiger partial charge in [-0.05, 0) is 9.13 Å². The van der Waals surface area contributed by atoms with Gasteiger partial charge >= 0.3 is 26.6 Å². The van der Waals surface area contributed by atoms with E-state index < -0.39 is 16.5 Å². The summed E-state index contributed by atoms with van der Waals surface area (Å²) in [6, 6.07) is -0.278. The first-order valence-electron chi connectivity index (χ1n) is 1.68. The molecule has 0 aromatic carbocycles. The molecule has 0 saturated heterocycles. The van der Waals surface area contributed by atoms with Crippen molar-refractivity contribution in [3.05, 3.63) is 0 Å². The Kier molecular flexibility index (Phi) is 20.9. The first-order valence-corrected chi connectivity index (χ1v) is 4.40. The van der Waals surface area contributed by atoms with Crippen molar-refractivity contribution >= 4 is 38.2 Å². The van der Waals surface area contributed by atoms with Crippen molar-refractivity contribution in [2.45, 2.75) is 0 Å². The average Bonchev–Trinajstić information content (AvgIpc) is 1.62. The minimum absolute atomic E-state index is 0. The predicted molar refractivity (Wildman–Crippen MR) is 35.0 cm³/mol. The molecule has 0 amide bonds. The Balaban J connectivity index is -0.000000140. The second-order valence-electron chi connectivity index (χ2n) is 0.648. The van der Waals surface area contributed by atoms with Crippen LogP contribution >= 0.6 is 28.1 Å². The van der Waals surface area contributed by atoms with Crippen molar-refractivity contribution in [1.29, 1.82) is 0 Å². The Morgan fingerprint density at radius 3 is 1.55 bits per heavy atom. The standard InChI is InChI=1S/CH3ClO.Be.O5P2/c2-1-3;;1-6(2)5-7(3)4/h3H,1H2;;/q;+2;. The van der Waals surface area contributed by atoms with Crippen LogP contribution in [0.1, 0.15) is 0 Å². The molecule has 0 fully saturated rings. The van der Waals surface area contributed by atoms with E-state index in [4.69, 9.17) is 5.11 Å². The molecule has 0 aromatic rings. The third-order valence-corrected chi connectivity index (χ3v) is 1.20. The van der Waals surface area contributed by atoms with Gasteiger partial charge < -0.3 is 14.9 Å². The summed E-state index contributed by atoms with van der Waals surface area (Å²) in [6.45, 7) is 0. The Labute approximate surface area is 73.3 Å². The third kappa shape index (κ3) is 37.5. The zero-order valence-electron chi connectivity index (χ0n) is 5.18. The van der Waals surface area contributed by atoms with E-state index in [2.05, 4.69) is 15.9 Å². The van der Waals surface area contributed by atoms with Gasteiger partial charge in [-0.3, -0.25) is 0 Å². The molecular weight excluding hydrogens is 214 g/mol. The van der Waals surface area contributed by atoms with Crippen LogP contribution in [0, 0.1) is 0 Å². The van der Waals surface area contributed by atoms with Gasteiger partial charge in [0.25, 0.3) is 0 Å². The smallest absolute Gasteiger partial charge is 0.563 e. The van der Waals surface area contributed by atoms with Gasteiger partial charge in [0.1, 0.15) is 10.4 Å². The van der Waals surface area contributed by atoms with Crippen molar-refractivity contribution in [2.75, 3.05) is 6.07 Å². The first kappa shape index (κ1) is 17.5. The van der Waals surface area contributed by atoms with E-state index in [0.29, 0.717) is 0 Å². The predicted octanol–water partition coefficient (Wildman–Crippen LogP) is -1.17. The maximum atomic E-state index is 9.24. The molecule has 6 nitrogen and oxygen atoms in total. The molecule has 11 heavy (non-hydrogen) atoms. The first-order chi connectivity index (χ1) is 4.54. The molecule has 2 atom stereocenters. The largest absolute Gasteiger partial charge is 2.00 e. The molecule has 0 aliphatic heterocycles. The summed E-state index contributed by atoms with van der Waals surface area (Å²) in [4.78, 5) is 18.5. The van der Waals surface area contributed by atoms with Crippen LogP contribution in [0.5, 0.6) is 0 Å². The number of rotatable bonds is 2. The molecule has 1 N–H and O–H groups in total. The molecule has 0 aliphatic rings. The maximum Gasteiger partial charge on any atom is 2.00 e. The summed E-state index contributed by atoms with van der Waals surface area (Å²) in [7, 11) is -6.47. The van der Waals surface area contributed by atoms with E-state index in [1.807, 2.05) is 0 Å². The fourth-order valence-electron chi connectivity index (χ4n) is 0.0544. The molecule has 2 unspecified atom stereocenters. The summed E-state index contributed by atoms with van der Waals surface area (Å²) in [5, 5.41) is 7.33. The molecule has 0 rings (SSSR count). The summed E-state index contributed by atoms with van der Waals surface area (Å²) >= 11 is 4.55. The molecule has 10 heteroatoms. The normalized spacial score (nSPS) is 10.2. The molecule has 60 valence electrons. The summed E-state index contributed by atoms with van der Waals surface area (Å²) < 4.78 is 21.6. The second kappa shape index (κ2) is 13.1. The monoisotopic (exact) mass is 217 g/mol. The van der Waals surface area contributed by atoms with E-state index in [1.165, 1.54) is 0 Å². The molecular formula is CH3BeClO6P2+2. The van der Waals surface area contributed by atoms with Crippen molar-refractivity contribution in [3.8, 4) is 0 Å². The van der Waals surface area contributed by atoms with Crippen LogP contribution in [0.4, 0.5) is 0 Å². The zero-order chi connectivity index (χ0) is 8.57. The van der Waals surface area contributed by atoms with Crippen LogP contribution in [0.15, 0.2) is 0 Å². The third-order valence-electron chi connectivity index (χ3n) is 0.133. The van der Waals surface area contributed by atoms with Gasteiger partial charge in [0.05, 0.1) is 0 Å². The summed E-state index contributed by atoms with van der Waals surface area (Å²) in [5.41, 5.74) is 0. The van der Waals surface area contributed by atoms with Crippen molar-refractivity contribution in [3.63, 3.8) is 0 Å². The van der Waals surface area contributed by atoms with Gasteiger partial charge in [0, 0.05) is 0 Å². The molecule has 0 spiro atoms. The fourth-order valence-corrected chi connectivity index (χ4v) is 0.490. The topological polar surface area (TPSA) is 110 Å². The van der Waals surface area contributed by atoms with Crippen molar-refractivity contribution in [1.82, 2.24) is 0 Å². The minimum Gasteiger partial charge on any atom is -0.563 e. The summed E-state index contributed by atoms with van der Waals surface area (Å²) in [5.74, 6) is 0. The van der Waals surface area contributed by atoms with E-state index >= 15 is 0 Å². The van der Waals surface area contributed by atoms with Crippen molar-refractivity contribution < 1.29 is 28.3 Å². The van der Waals surface area contributed by atoms with Crippen LogP contribution in [0.2, 0.25) is 0 Å². The second-order valence-corrected chi connectivity index (χ2v) is 2.44.